The monoisotopic (exact) mass is 470 g/mol. The van der Waals surface area contributed by atoms with Gasteiger partial charge in [0.1, 0.15) is 17.3 Å². The van der Waals surface area contributed by atoms with E-state index >= 15 is 0 Å². The molecule has 32 heavy (non-hydrogen) atoms. The molecular weight excluding hydrogens is 456 g/mol. The highest BCUT2D eigenvalue weighted by Gasteiger charge is 2.35. The number of methoxy groups -OCH3 is 1. The fourth-order valence-electron chi connectivity index (χ4n) is 3.14. The van der Waals surface area contributed by atoms with Crippen molar-refractivity contribution in [3.8, 4) is 17.1 Å². The first-order valence-corrected chi connectivity index (χ1v) is 10.5. The summed E-state index contributed by atoms with van der Waals surface area (Å²) in [6.45, 7) is 0.0587. The predicted molar refractivity (Wildman–Crippen MR) is 120 cm³/mol. The van der Waals surface area contributed by atoms with Gasteiger partial charge in [0.25, 0.3) is 16.8 Å². The number of rotatable bonds is 6. The van der Waals surface area contributed by atoms with E-state index in [2.05, 4.69) is 0 Å². The van der Waals surface area contributed by atoms with Crippen molar-refractivity contribution < 1.29 is 23.7 Å². The SMILES string of the molecule is COc1ccc(-c2ccc(/C=C3/SC(=O)N(Cc4ccccc4Cl)C3=O)o2)c([N+](=O)[O-])c1. The molecule has 1 fully saturated rings. The summed E-state index contributed by atoms with van der Waals surface area (Å²) in [6, 6.07) is 14.5. The first-order valence-electron chi connectivity index (χ1n) is 9.29. The number of imide groups is 1. The number of hydrogen-bond acceptors (Lipinski definition) is 7. The Morgan fingerprint density at radius 3 is 2.69 bits per heavy atom. The molecule has 0 atom stereocenters. The molecule has 0 spiro atoms. The van der Waals surface area contributed by atoms with E-state index in [1.807, 2.05) is 0 Å². The molecule has 0 N–H and O–H groups in total. The lowest BCUT2D eigenvalue weighted by molar-refractivity contribution is -0.384. The van der Waals surface area contributed by atoms with Crippen molar-refractivity contribution in [3.63, 3.8) is 0 Å². The number of nitro benzene ring substituents is 1. The number of amides is 2. The van der Waals surface area contributed by atoms with Gasteiger partial charge in [0.05, 0.1) is 35.1 Å². The molecule has 0 bridgehead atoms. The van der Waals surface area contributed by atoms with Crippen molar-refractivity contribution in [1.29, 1.82) is 0 Å². The van der Waals surface area contributed by atoms with Crippen LogP contribution in [-0.4, -0.2) is 28.1 Å². The number of halogens is 1. The third-order valence-corrected chi connectivity index (χ3v) is 6.00. The molecule has 2 aromatic carbocycles. The van der Waals surface area contributed by atoms with Crippen LogP contribution in [0, 0.1) is 10.1 Å². The van der Waals surface area contributed by atoms with Gasteiger partial charge in [0, 0.05) is 11.1 Å². The van der Waals surface area contributed by atoms with Gasteiger partial charge in [-0.05, 0) is 47.7 Å². The number of carbonyl (C=O) groups is 2. The minimum atomic E-state index is -0.528. The molecule has 1 aliphatic heterocycles. The van der Waals surface area contributed by atoms with Crippen LogP contribution in [0.25, 0.3) is 17.4 Å². The molecule has 10 heteroatoms. The summed E-state index contributed by atoms with van der Waals surface area (Å²) >= 11 is 6.93. The minimum Gasteiger partial charge on any atom is -0.497 e. The standard InChI is InChI=1S/C22H15ClN2O6S/c1-30-14-6-8-16(18(10-14)25(28)29)19-9-7-15(31-19)11-20-21(26)24(22(27)32-20)12-13-4-2-3-5-17(13)23/h2-11H,12H2,1H3/b20-11+. The van der Waals surface area contributed by atoms with Gasteiger partial charge < -0.3 is 9.15 Å². The summed E-state index contributed by atoms with van der Waals surface area (Å²) < 4.78 is 10.8. The summed E-state index contributed by atoms with van der Waals surface area (Å²) in [7, 11) is 1.42. The Hall–Kier alpha value is -3.56. The highest BCUT2D eigenvalue weighted by atomic mass is 35.5. The van der Waals surface area contributed by atoms with Crippen LogP contribution in [0.2, 0.25) is 5.02 Å². The smallest absolute Gasteiger partial charge is 0.293 e. The molecule has 0 radical (unpaired) electrons. The Labute approximate surface area is 191 Å². The molecule has 1 saturated heterocycles. The molecule has 2 amide bonds. The maximum atomic E-state index is 12.8. The normalized spacial score (nSPS) is 14.9. The van der Waals surface area contributed by atoms with Crippen molar-refractivity contribution in [2.75, 3.05) is 7.11 Å². The zero-order valence-corrected chi connectivity index (χ0v) is 18.2. The quantitative estimate of drug-likeness (QED) is 0.256. The lowest BCUT2D eigenvalue weighted by atomic mass is 10.1. The number of furan rings is 1. The third-order valence-electron chi connectivity index (χ3n) is 4.73. The van der Waals surface area contributed by atoms with Gasteiger partial charge in [-0.15, -0.1) is 0 Å². The maximum Gasteiger partial charge on any atom is 0.293 e. The fraction of sp³-hybridized carbons (Fsp3) is 0.0909. The molecule has 0 unspecified atom stereocenters. The van der Waals surface area contributed by atoms with Gasteiger partial charge in [0.2, 0.25) is 0 Å². The van der Waals surface area contributed by atoms with Gasteiger partial charge in [-0.25, -0.2) is 0 Å². The first-order chi connectivity index (χ1) is 15.4. The van der Waals surface area contributed by atoms with E-state index in [0.717, 1.165) is 16.7 Å². The molecule has 3 aromatic rings. The predicted octanol–water partition coefficient (Wildman–Crippen LogP) is 5.75. The molecular formula is C22H15ClN2O6S. The molecule has 1 aliphatic rings. The number of ether oxygens (including phenoxy) is 1. The molecule has 1 aromatic heterocycles. The highest BCUT2D eigenvalue weighted by Crippen LogP contribution is 2.37. The highest BCUT2D eigenvalue weighted by molar-refractivity contribution is 8.18. The van der Waals surface area contributed by atoms with Crippen molar-refractivity contribution in [2.24, 2.45) is 0 Å². The van der Waals surface area contributed by atoms with Gasteiger partial charge in [-0.1, -0.05) is 29.8 Å². The third kappa shape index (κ3) is 4.25. The second-order valence-corrected chi connectivity index (χ2v) is 8.10. The Morgan fingerprint density at radius 1 is 1.19 bits per heavy atom. The Balaban J connectivity index is 1.59. The van der Waals surface area contributed by atoms with Gasteiger partial charge in [0.15, 0.2) is 0 Å². The summed E-state index contributed by atoms with van der Waals surface area (Å²) in [4.78, 5) is 37.3. The van der Waals surface area contributed by atoms with Gasteiger partial charge in [-0.3, -0.25) is 24.6 Å². The Kier molecular flexibility index (Phi) is 6.02. The van der Waals surface area contributed by atoms with Crippen LogP contribution < -0.4 is 4.74 Å². The molecule has 0 aliphatic carbocycles. The summed E-state index contributed by atoms with van der Waals surface area (Å²) in [6.07, 6.45) is 1.44. The van der Waals surface area contributed by atoms with Crippen LogP contribution in [0.4, 0.5) is 10.5 Å². The van der Waals surface area contributed by atoms with Crippen LogP contribution in [0.15, 0.2) is 63.9 Å². The molecule has 4 rings (SSSR count). The van der Waals surface area contributed by atoms with Crippen molar-refractivity contribution in [1.82, 2.24) is 4.90 Å². The summed E-state index contributed by atoms with van der Waals surface area (Å²) in [5.74, 6) is 0.418. The van der Waals surface area contributed by atoms with Crippen LogP contribution in [-0.2, 0) is 11.3 Å². The van der Waals surface area contributed by atoms with E-state index in [4.69, 9.17) is 20.8 Å². The van der Waals surface area contributed by atoms with E-state index in [-0.39, 0.29) is 34.2 Å². The number of carbonyl (C=O) groups excluding carboxylic acids is 2. The average Bonchev–Trinajstić information content (AvgIpc) is 3.35. The van der Waals surface area contributed by atoms with Crippen molar-refractivity contribution in [3.05, 3.63) is 86.0 Å². The van der Waals surface area contributed by atoms with E-state index < -0.39 is 16.1 Å². The number of hydrogen-bond donors (Lipinski definition) is 0. The number of nitro groups is 1. The second kappa shape index (κ2) is 8.89. The van der Waals surface area contributed by atoms with Gasteiger partial charge >= 0.3 is 0 Å². The van der Waals surface area contributed by atoms with E-state index in [9.17, 15) is 19.7 Å². The largest absolute Gasteiger partial charge is 0.497 e. The van der Waals surface area contributed by atoms with E-state index in [1.165, 1.54) is 25.3 Å². The molecule has 8 nitrogen and oxygen atoms in total. The lowest BCUT2D eigenvalue weighted by Crippen LogP contribution is -2.27. The summed E-state index contributed by atoms with van der Waals surface area (Å²) in [5, 5.41) is 11.5. The topological polar surface area (TPSA) is 103 Å². The Bertz CT molecular complexity index is 1270. The summed E-state index contributed by atoms with van der Waals surface area (Å²) in [5.41, 5.74) is 0.748. The molecule has 0 saturated carbocycles. The first kappa shape index (κ1) is 21.7. The molecule has 162 valence electrons. The van der Waals surface area contributed by atoms with Gasteiger partial charge in [-0.2, -0.15) is 0 Å². The number of thioether (sulfide) groups is 1. The zero-order chi connectivity index (χ0) is 22.8. The Morgan fingerprint density at radius 2 is 1.97 bits per heavy atom. The zero-order valence-electron chi connectivity index (χ0n) is 16.6. The number of nitrogens with zero attached hydrogens (tertiary/aromatic N) is 2. The lowest BCUT2D eigenvalue weighted by Gasteiger charge is -2.13. The van der Waals surface area contributed by atoms with Crippen LogP contribution >= 0.6 is 23.4 Å². The van der Waals surface area contributed by atoms with Crippen molar-refractivity contribution >= 4 is 46.3 Å². The molecule has 2 heterocycles. The van der Waals surface area contributed by atoms with Crippen LogP contribution in [0.5, 0.6) is 5.75 Å². The second-order valence-electron chi connectivity index (χ2n) is 6.70. The van der Waals surface area contributed by atoms with Crippen molar-refractivity contribution in [2.45, 2.75) is 6.54 Å². The van der Waals surface area contributed by atoms with Crippen LogP contribution in [0.3, 0.4) is 0 Å². The fourth-order valence-corrected chi connectivity index (χ4v) is 4.15. The van der Waals surface area contributed by atoms with E-state index in [1.54, 1.807) is 42.5 Å². The van der Waals surface area contributed by atoms with Crippen LogP contribution in [0.1, 0.15) is 11.3 Å². The average molecular weight is 471 g/mol. The minimum absolute atomic E-state index is 0.0587. The number of benzene rings is 2. The van der Waals surface area contributed by atoms with E-state index in [0.29, 0.717) is 16.3 Å². The maximum absolute atomic E-state index is 12.8.